The van der Waals surface area contributed by atoms with E-state index < -0.39 is 0 Å². The zero-order valence-electron chi connectivity index (χ0n) is 16.1. The lowest BCUT2D eigenvalue weighted by Crippen LogP contribution is -2.34. The molecule has 0 bridgehead atoms. The van der Waals surface area contributed by atoms with E-state index in [2.05, 4.69) is 31.9 Å². The molecule has 0 aliphatic carbocycles. The monoisotopic (exact) mass is 487 g/mol. The summed E-state index contributed by atoms with van der Waals surface area (Å²) < 4.78 is 10.9. The van der Waals surface area contributed by atoms with Crippen LogP contribution in [-0.2, 0) is 0 Å². The summed E-state index contributed by atoms with van der Waals surface area (Å²) in [6.45, 7) is 1.85. The molecule has 2 aromatic carbocycles. The van der Waals surface area contributed by atoms with Crippen LogP contribution in [0.2, 0.25) is 0 Å². The number of hydrogen-bond acceptors (Lipinski definition) is 5. The fraction of sp³-hybridized carbons (Fsp3) is 0.0952. The Labute approximate surface area is 186 Å². The number of ether oxygens (including phenoxy) is 1. The molecule has 0 saturated heterocycles. The molecule has 1 heterocycles. The van der Waals surface area contributed by atoms with Gasteiger partial charge in [-0.3, -0.25) is 14.9 Å². The molecular formula is C21H18BrN3O4S. The number of rotatable bonds is 5. The summed E-state index contributed by atoms with van der Waals surface area (Å²) in [4.78, 5) is 24.5. The van der Waals surface area contributed by atoms with Gasteiger partial charge in [-0.15, -0.1) is 0 Å². The molecule has 3 rings (SSSR count). The van der Waals surface area contributed by atoms with Crippen molar-refractivity contribution < 1.29 is 18.7 Å². The van der Waals surface area contributed by atoms with Crippen LogP contribution in [0.5, 0.6) is 5.75 Å². The topological polar surface area (TPSA) is 92.6 Å². The number of nitrogens with one attached hydrogen (secondary N) is 3. The van der Waals surface area contributed by atoms with Gasteiger partial charge in [-0.2, -0.15) is 0 Å². The van der Waals surface area contributed by atoms with Gasteiger partial charge in [0.05, 0.1) is 17.8 Å². The number of amides is 2. The van der Waals surface area contributed by atoms with E-state index in [1.165, 1.54) is 6.26 Å². The van der Waals surface area contributed by atoms with Crippen LogP contribution < -0.4 is 20.7 Å². The van der Waals surface area contributed by atoms with Crippen molar-refractivity contribution in [3.63, 3.8) is 0 Å². The fourth-order valence-corrected chi connectivity index (χ4v) is 3.37. The Morgan fingerprint density at radius 2 is 1.87 bits per heavy atom. The molecule has 0 radical (unpaired) electrons. The summed E-state index contributed by atoms with van der Waals surface area (Å²) in [5.41, 5.74) is 2.55. The van der Waals surface area contributed by atoms with Gasteiger partial charge in [0.25, 0.3) is 11.8 Å². The molecule has 154 valence electrons. The first-order valence-corrected chi connectivity index (χ1v) is 9.99. The van der Waals surface area contributed by atoms with Gasteiger partial charge in [-0.05, 0) is 89.2 Å². The molecule has 0 saturated carbocycles. The maximum Gasteiger partial charge on any atom is 0.291 e. The van der Waals surface area contributed by atoms with E-state index in [9.17, 15) is 9.59 Å². The molecule has 9 heteroatoms. The lowest BCUT2D eigenvalue weighted by molar-refractivity contribution is 0.0975. The van der Waals surface area contributed by atoms with E-state index in [-0.39, 0.29) is 22.7 Å². The average molecular weight is 488 g/mol. The van der Waals surface area contributed by atoms with Gasteiger partial charge < -0.3 is 19.8 Å². The highest BCUT2D eigenvalue weighted by Crippen LogP contribution is 2.25. The van der Waals surface area contributed by atoms with Gasteiger partial charge in [0.1, 0.15) is 5.75 Å². The molecule has 0 aliphatic heterocycles. The molecule has 0 unspecified atom stereocenters. The van der Waals surface area contributed by atoms with Crippen molar-refractivity contribution in [3.8, 4) is 5.75 Å². The number of hydrogen-bond donors (Lipinski definition) is 3. The van der Waals surface area contributed by atoms with Crippen molar-refractivity contribution in [1.29, 1.82) is 0 Å². The molecule has 0 aliphatic rings. The van der Waals surface area contributed by atoms with Crippen LogP contribution in [0.4, 0.5) is 11.4 Å². The second-order valence-electron chi connectivity index (χ2n) is 6.22. The van der Waals surface area contributed by atoms with Crippen molar-refractivity contribution in [2.24, 2.45) is 0 Å². The van der Waals surface area contributed by atoms with Gasteiger partial charge in [0, 0.05) is 16.9 Å². The Morgan fingerprint density at radius 3 is 2.50 bits per heavy atom. The Hall–Kier alpha value is -3.17. The zero-order chi connectivity index (χ0) is 21.7. The quantitative estimate of drug-likeness (QED) is 0.450. The Morgan fingerprint density at radius 1 is 1.07 bits per heavy atom. The lowest BCUT2D eigenvalue weighted by atomic mass is 10.1. The third-order valence-corrected chi connectivity index (χ3v) is 4.94. The van der Waals surface area contributed by atoms with Gasteiger partial charge >= 0.3 is 0 Å². The number of carbonyl (C=O) groups is 2. The number of aryl methyl sites for hydroxylation is 1. The molecule has 2 amide bonds. The first kappa shape index (κ1) is 21.5. The number of anilines is 2. The van der Waals surface area contributed by atoms with Crippen LogP contribution in [0.25, 0.3) is 0 Å². The minimum atomic E-state index is -0.352. The smallest absolute Gasteiger partial charge is 0.291 e. The fourth-order valence-electron chi connectivity index (χ4n) is 2.62. The standard InChI is InChI=1S/C21H18BrN3O4S/c1-12-10-14(6-7-16(12)24-20(27)18-4-3-9-29-18)23-21(30)25-19(26)13-5-8-17(28-2)15(22)11-13/h3-11H,1-2H3,(H,24,27)(H2,23,25,26,30). The van der Waals surface area contributed by atoms with Crippen LogP contribution in [0.15, 0.2) is 63.7 Å². The molecule has 0 atom stereocenters. The number of thiocarbonyl (C=S) groups is 1. The van der Waals surface area contributed by atoms with Crippen molar-refractivity contribution in [3.05, 3.63) is 76.2 Å². The van der Waals surface area contributed by atoms with Gasteiger partial charge in [0.15, 0.2) is 10.9 Å². The van der Waals surface area contributed by atoms with Crippen molar-refractivity contribution >= 4 is 56.4 Å². The molecule has 0 fully saturated rings. The normalized spacial score (nSPS) is 10.2. The number of carbonyl (C=O) groups excluding carboxylic acids is 2. The van der Waals surface area contributed by atoms with E-state index in [0.29, 0.717) is 27.2 Å². The molecule has 1 aromatic heterocycles. The number of benzene rings is 2. The van der Waals surface area contributed by atoms with Crippen LogP contribution in [0.1, 0.15) is 26.5 Å². The Balaban J connectivity index is 1.61. The SMILES string of the molecule is COc1ccc(C(=O)NC(=S)Nc2ccc(NC(=O)c3ccco3)c(C)c2)cc1Br. The summed E-state index contributed by atoms with van der Waals surface area (Å²) in [7, 11) is 1.55. The minimum Gasteiger partial charge on any atom is -0.496 e. The van der Waals surface area contributed by atoms with Crippen LogP contribution in [-0.4, -0.2) is 24.0 Å². The molecule has 30 heavy (non-hydrogen) atoms. The van der Waals surface area contributed by atoms with Crippen LogP contribution in [0, 0.1) is 6.92 Å². The molecule has 0 spiro atoms. The van der Waals surface area contributed by atoms with E-state index in [1.54, 1.807) is 55.6 Å². The molecule has 7 nitrogen and oxygen atoms in total. The Bertz CT molecular complexity index is 1100. The second-order valence-corrected chi connectivity index (χ2v) is 7.48. The lowest BCUT2D eigenvalue weighted by Gasteiger charge is -2.13. The van der Waals surface area contributed by atoms with Crippen molar-refractivity contribution in [2.75, 3.05) is 17.7 Å². The highest BCUT2D eigenvalue weighted by Gasteiger charge is 2.13. The van der Waals surface area contributed by atoms with Gasteiger partial charge in [0.2, 0.25) is 0 Å². The minimum absolute atomic E-state index is 0.152. The highest BCUT2D eigenvalue weighted by atomic mass is 79.9. The summed E-state index contributed by atoms with van der Waals surface area (Å²) >= 11 is 8.58. The van der Waals surface area contributed by atoms with E-state index in [1.807, 2.05) is 6.92 Å². The van der Waals surface area contributed by atoms with Crippen LogP contribution >= 0.6 is 28.1 Å². The maximum atomic E-state index is 12.4. The van der Waals surface area contributed by atoms with Crippen LogP contribution in [0.3, 0.4) is 0 Å². The van der Waals surface area contributed by atoms with E-state index >= 15 is 0 Å². The van der Waals surface area contributed by atoms with Gasteiger partial charge in [-0.1, -0.05) is 0 Å². The number of methoxy groups -OCH3 is 1. The molecule has 3 aromatic rings. The van der Waals surface area contributed by atoms with Crippen molar-refractivity contribution in [1.82, 2.24) is 5.32 Å². The average Bonchev–Trinajstić information content (AvgIpc) is 3.25. The predicted octanol–water partition coefficient (Wildman–Crippen LogP) is 4.74. The van der Waals surface area contributed by atoms with E-state index in [0.717, 1.165) is 5.56 Å². The third-order valence-electron chi connectivity index (χ3n) is 4.12. The molecule has 3 N–H and O–H groups in total. The predicted molar refractivity (Wildman–Crippen MR) is 122 cm³/mol. The second kappa shape index (κ2) is 9.55. The highest BCUT2D eigenvalue weighted by molar-refractivity contribution is 9.10. The zero-order valence-corrected chi connectivity index (χ0v) is 18.5. The Kier molecular flexibility index (Phi) is 6.86. The number of furan rings is 1. The maximum absolute atomic E-state index is 12.4. The largest absolute Gasteiger partial charge is 0.496 e. The summed E-state index contributed by atoms with van der Waals surface area (Å²) in [5.74, 6) is 0.166. The third kappa shape index (κ3) is 5.25. The van der Waals surface area contributed by atoms with E-state index in [4.69, 9.17) is 21.4 Å². The number of halogens is 1. The van der Waals surface area contributed by atoms with Gasteiger partial charge in [-0.25, -0.2) is 0 Å². The van der Waals surface area contributed by atoms with Crippen molar-refractivity contribution in [2.45, 2.75) is 6.92 Å². The summed E-state index contributed by atoms with van der Waals surface area (Å²) in [6.07, 6.45) is 1.44. The first-order chi connectivity index (χ1) is 14.4. The molecular weight excluding hydrogens is 470 g/mol. The first-order valence-electron chi connectivity index (χ1n) is 8.78. The summed E-state index contributed by atoms with van der Waals surface area (Å²) in [6, 6.07) is 13.5. The summed E-state index contributed by atoms with van der Waals surface area (Å²) in [5, 5.41) is 8.53.